The van der Waals surface area contributed by atoms with Crippen molar-refractivity contribution in [2.24, 2.45) is 0 Å². The summed E-state index contributed by atoms with van der Waals surface area (Å²) in [6.07, 6.45) is 23.0. The fourth-order valence-electron chi connectivity index (χ4n) is 3.82. The summed E-state index contributed by atoms with van der Waals surface area (Å²) in [5.74, 6) is -1.65. The van der Waals surface area contributed by atoms with Crippen molar-refractivity contribution in [3.8, 4) is 0 Å². The third-order valence-electron chi connectivity index (χ3n) is 6.04. The van der Waals surface area contributed by atoms with Crippen LogP contribution >= 0.6 is 0 Å². The SMILES string of the molecule is CCCCCCC/C=C/CCOC(=O)c1ccc(S(=O)(=O)[O-])cc1C(=O)OCC/C=C/CCCCCCC.[K+]. The first kappa shape index (κ1) is 38.2. The molecule has 0 heterocycles. The maximum atomic E-state index is 12.7. The van der Waals surface area contributed by atoms with E-state index in [1.807, 2.05) is 18.2 Å². The molecule has 0 fully saturated rings. The van der Waals surface area contributed by atoms with Crippen LogP contribution in [0.15, 0.2) is 47.4 Å². The van der Waals surface area contributed by atoms with E-state index in [4.69, 9.17) is 9.47 Å². The Morgan fingerprint density at radius 1 is 0.692 bits per heavy atom. The van der Waals surface area contributed by atoms with E-state index < -0.39 is 27.0 Å². The van der Waals surface area contributed by atoms with E-state index in [2.05, 4.69) is 19.9 Å². The van der Waals surface area contributed by atoms with Gasteiger partial charge < -0.3 is 14.0 Å². The Morgan fingerprint density at radius 3 is 1.59 bits per heavy atom. The Bertz CT molecular complexity index is 987. The Labute approximate surface area is 278 Å². The topological polar surface area (TPSA) is 110 Å². The molecule has 0 amide bonds. The van der Waals surface area contributed by atoms with Gasteiger partial charge in [0.15, 0.2) is 0 Å². The van der Waals surface area contributed by atoms with E-state index in [-0.39, 0.29) is 75.7 Å². The van der Waals surface area contributed by atoms with E-state index >= 15 is 0 Å². The molecular weight excluding hydrogens is 543 g/mol. The van der Waals surface area contributed by atoms with Crippen LogP contribution in [0.3, 0.4) is 0 Å². The summed E-state index contributed by atoms with van der Waals surface area (Å²) < 4.78 is 44.9. The smallest absolute Gasteiger partial charge is 0.744 e. The summed E-state index contributed by atoms with van der Waals surface area (Å²) in [6, 6.07) is 3.00. The van der Waals surface area contributed by atoms with E-state index in [0.717, 1.165) is 43.9 Å². The average Bonchev–Trinajstić information content (AvgIpc) is 2.89. The largest absolute Gasteiger partial charge is 1.00 e. The molecule has 9 heteroatoms. The van der Waals surface area contributed by atoms with Crippen molar-refractivity contribution in [2.75, 3.05) is 13.2 Å². The van der Waals surface area contributed by atoms with Crippen LogP contribution in [0.5, 0.6) is 0 Å². The van der Waals surface area contributed by atoms with E-state index in [1.165, 1.54) is 51.4 Å². The minimum Gasteiger partial charge on any atom is -0.744 e. The van der Waals surface area contributed by atoms with Crippen LogP contribution in [0.1, 0.15) is 124 Å². The molecule has 0 N–H and O–H groups in total. The molecule has 214 valence electrons. The zero-order valence-electron chi connectivity index (χ0n) is 24.1. The molecule has 7 nitrogen and oxygen atoms in total. The Hall–Kier alpha value is -0.814. The van der Waals surface area contributed by atoms with E-state index in [1.54, 1.807) is 0 Å². The van der Waals surface area contributed by atoms with Crippen LogP contribution in [0.25, 0.3) is 0 Å². The summed E-state index contributed by atoms with van der Waals surface area (Å²) in [4.78, 5) is 24.7. The minimum absolute atomic E-state index is 0. The molecule has 1 aromatic carbocycles. The maximum absolute atomic E-state index is 12.7. The number of unbranched alkanes of at least 4 members (excludes halogenated alkanes) is 10. The number of benzene rings is 1. The van der Waals surface area contributed by atoms with Gasteiger partial charge in [-0.05, 0) is 56.7 Å². The van der Waals surface area contributed by atoms with Gasteiger partial charge in [0.05, 0.1) is 29.2 Å². The summed E-state index contributed by atoms with van der Waals surface area (Å²) in [7, 11) is -4.81. The first-order chi connectivity index (χ1) is 18.3. The summed E-state index contributed by atoms with van der Waals surface area (Å²) in [6.45, 7) is 4.55. The van der Waals surface area contributed by atoms with Crippen LogP contribution < -0.4 is 51.4 Å². The normalized spacial score (nSPS) is 11.6. The molecule has 0 aromatic heterocycles. The Balaban J connectivity index is 0.0000144. The number of carbonyl (C=O) groups excluding carboxylic acids is 2. The molecule has 0 saturated carbocycles. The van der Waals surface area contributed by atoms with E-state index in [0.29, 0.717) is 12.8 Å². The molecule has 1 rings (SSSR count). The standard InChI is InChI=1S/C30H46O7S.K/c1-3-5-7-9-11-13-15-17-19-23-36-29(31)27-22-21-26(38(33,34)35)25-28(27)30(32)37-24-20-18-16-14-12-10-8-6-4-2;/h15-18,21-22,25H,3-14,19-20,23-24H2,1-2H3,(H,33,34,35);/q;+1/p-1/b17-15+,18-16+;. The predicted octanol–water partition coefficient (Wildman–Crippen LogP) is 4.52. The quantitative estimate of drug-likeness (QED) is 0.0683. The Kier molecular flexibility index (Phi) is 23.4. The van der Waals surface area contributed by atoms with Gasteiger partial charge in [-0.3, -0.25) is 0 Å². The van der Waals surface area contributed by atoms with Crippen LogP contribution in [0.2, 0.25) is 0 Å². The van der Waals surface area contributed by atoms with Gasteiger partial charge in [-0.1, -0.05) is 89.5 Å². The molecule has 0 spiro atoms. The van der Waals surface area contributed by atoms with Gasteiger partial charge in [0, 0.05) is 0 Å². The number of ether oxygens (including phenoxy) is 2. The van der Waals surface area contributed by atoms with Crippen molar-refractivity contribution in [3.05, 3.63) is 53.6 Å². The molecule has 0 atom stereocenters. The van der Waals surface area contributed by atoms with Crippen molar-refractivity contribution in [3.63, 3.8) is 0 Å². The zero-order chi connectivity index (χ0) is 28.1. The molecule has 0 aliphatic carbocycles. The van der Waals surface area contributed by atoms with Crippen LogP contribution in [0, 0.1) is 0 Å². The number of allylic oxidation sites excluding steroid dienone is 2. The molecule has 1 aromatic rings. The number of esters is 2. The molecule has 0 unspecified atom stereocenters. The molecule has 39 heavy (non-hydrogen) atoms. The maximum Gasteiger partial charge on any atom is 1.00 e. The molecule has 0 aliphatic heterocycles. The molecular formula is C30H45KO7S. The van der Waals surface area contributed by atoms with Gasteiger partial charge >= 0.3 is 63.3 Å². The number of carbonyl (C=O) groups is 2. The van der Waals surface area contributed by atoms with Gasteiger partial charge in [0.2, 0.25) is 0 Å². The number of hydrogen-bond donors (Lipinski definition) is 0. The second kappa shape index (κ2) is 23.8. The third-order valence-corrected chi connectivity index (χ3v) is 6.87. The van der Waals surface area contributed by atoms with Crippen molar-refractivity contribution in [1.82, 2.24) is 0 Å². The number of hydrogen-bond acceptors (Lipinski definition) is 7. The van der Waals surface area contributed by atoms with Gasteiger partial charge in [-0.15, -0.1) is 0 Å². The fraction of sp³-hybridized carbons (Fsp3) is 0.600. The second-order valence-electron chi connectivity index (χ2n) is 9.36. The Morgan fingerprint density at radius 2 is 1.13 bits per heavy atom. The third kappa shape index (κ3) is 18.3. The monoisotopic (exact) mass is 588 g/mol. The van der Waals surface area contributed by atoms with Gasteiger partial charge in [-0.25, -0.2) is 18.0 Å². The fourth-order valence-corrected chi connectivity index (χ4v) is 4.32. The van der Waals surface area contributed by atoms with Crippen LogP contribution in [0.4, 0.5) is 0 Å². The summed E-state index contributed by atoms with van der Waals surface area (Å²) in [5, 5.41) is 0. The van der Waals surface area contributed by atoms with Gasteiger partial charge in [0.1, 0.15) is 10.1 Å². The zero-order valence-corrected chi connectivity index (χ0v) is 28.1. The van der Waals surface area contributed by atoms with Crippen molar-refractivity contribution in [2.45, 2.75) is 109 Å². The average molecular weight is 589 g/mol. The first-order valence-corrected chi connectivity index (χ1v) is 15.5. The van der Waals surface area contributed by atoms with Crippen molar-refractivity contribution < 1.29 is 83.4 Å². The van der Waals surface area contributed by atoms with Crippen LogP contribution in [-0.4, -0.2) is 38.1 Å². The van der Waals surface area contributed by atoms with E-state index in [9.17, 15) is 22.6 Å². The molecule has 0 radical (unpaired) electrons. The first-order valence-electron chi connectivity index (χ1n) is 14.0. The summed E-state index contributed by atoms with van der Waals surface area (Å²) >= 11 is 0. The summed E-state index contributed by atoms with van der Waals surface area (Å²) in [5.41, 5.74) is -0.431. The van der Waals surface area contributed by atoms with Gasteiger partial charge in [0.25, 0.3) is 0 Å². The van der Waals surface area contributed by atoms with Crippen molar-refractivity contribution in [1.29, 1.82) is 0 Å². The molecule has 0 bridgehead atoms. The molecule has 0 aliphatic rings. The molecule has 0 saturated heterocycles. The number of rotatable bonds is 21. The van der Waals surface area contributed by atoms with Gasteiger partial charge in [-0.2, -0.15) is 0 Å². The predicted molar refractivity (Wildman–Crippen MR) is 149 cm³/mol. The minimum atomic E-state index is -4.81. The van der Waals surface area contributed by atoms with Crippen molar-refractivity contribution >= 4 is 22.1 Å². The van der Waals surface area contributed by atoms with Crippen LogP contribution in [-0.2, 0) is 19.6 Å². The second-order valence-corrected chi connectivity index (χ2v) is 10.7.